The minimum absolute atomic E-state index is 0.390. The number of alkyl carbamates (subject to hydrolysis) is 1. The summed E-state index contributed by atoms with van der Waals surface area (Å²) in [6.45, 7) is 8.70. The van der Waals surface area contributed by atoms with E-state index < -0.39 is 11.7 Å². The van der Waals surface area contributed by atoms with Crippen LogP contribution in [0.2, 0.25) is 0 Å². The van der Waals surface area contributed by atoms with Crippen molar-refractivity contribution in [1.82, 2.24) is 5.32 Å². The van der Waals surface area contributed by atoms with E-state index in [4.69, 9.17) is 9.47 Å². The molecule has 0 aliphatic carbocycles. The van der Waals surface area contributed by atoms with Gasteiger partial charge < -0.3 is 14.8 Å². The highest BCUT2D eigenvalue weighted by atomic mass is 16.6. The molecule has 0 aliphatic rings. The minimum Gasteiger partial charge on any atom is -0.494 e. The van der Waals surface area contributed by atoms with Gasteiger partial charge in [-0.3, -0.25) is 0 Å². The van der Waals surface area contributed by atoms with E-state index in [1.165, 1.54) is 16.3 Å². The van der Waals surface area contributed by atoms with Gasteiger partial charge in [0.1, 0.15) is 11.4 Å². The van der Waals surface area contributed by atoms with E-state index in [2.05, 4.69) is 36.5 Å². The molecule has 0 heterocycles. The molecule has 23 heavy (non-hydrogen) atoms. The SMILES string of the molecule is Cc1ccc2cc(OCCCNC(=O)OC(C)(C)C)ccc2c1. The van der Waals surface area contributed by atoms with Crippen LogP contribution < -0.4 is 10.1 Å². The van der Waals surface area contributed by atoms with Crippen LogP contribution in [0.3, 0.4) is 0 Å². The van der Waals surface area contributed by atoms with E-state index >= 15 is 0 Å². The number of carbonyl (C=O) groups excluding carboxylic acids is 1. The highest BCUT2D eigenvalue weighted by Crippen LogP contribution is 2.22. The van der Waals surface area contributed by atoms with Gasteiger partial charge in [0.05, 0.1) is 6.61 Å². The molecule has 0 bridgehead atoms. The molecule has 0 saturated carbocycles. The highest BCUT2D eigenvalue weighted by Gasteiger charge is 2.15. The van der Waals surface area contributed by atoms with Crippen molar-refractivity contribution in [2.45, 2.75) is 39.7 Å². The molecule has 0 aromatic heterocycles. The predicted molar refractivity (Wildman–Crippen MR) is 93.0 cm³/mol. The number of hydrogen-bond acceptors (Lipinski definition) is 3. The molecule has 2 aromatic carbocycles. The van der Waals surface area contributed by atoms with Crippen LogP contribution in [0.1, 0.15) is 32.8 Å². The fraction of sp³-hybridized carbons (Fsp3) is 0.421. The van der Waals surface area contributed by atoms with Crippen molar-refractivity contribution in [3.05, 3.63) is 42.0 Å². The maximum atomic E-state index is 11.5. The van der Waals surface area contributed by atoms with E-state index in [1.807, 2.05) is 32.9 Å². The van der Waals surface area contributed by atoms with Gasteiger partial charge in [-0.2, -0.15) is 0 Å². The van der Waals surface area contributed by atoms with Crippen molar-refractivity contribution in [1.29, 1.82) is 0 Å². The average molecular weight is 315 g/mol. The van der Waals surface area contributed by atoms with Crippen LogP contribution in [0, 0.1) is 6.92 Å². The zero-order chi connectivity index (χ0) is 16.9. The second-order valence-corrected chi connectivity index (χ2v) is 6.64. The molecule has 0 radical (unpaired) electrons. The Kier molecular flexibility index (Phi) is 5.48. The standard InChI is InChI=1S/C19H25NO3/c1-14-6-7-16-13-17(9-8-15(16)12-14)22-11-5-10-20-18(21)23-19(2,3)4/h6-9,12-13H,5,10-11H2,1-4H3,(H,20,21). The molecule has 0 spiro atoms. The first-order chi connectivity index (χ1) is 10.8. The molecule has 4 nitrogen and oxygen atoms in total. The number of amides is 1. The Bertz CT molecular complexity index is 674. The largest absolute Gasteiger partial charge is 0.494 e. The van der Waals surface area contributed by atoms with Crippen LogP contribution in [0.5, 0.6) is 5.75 Å². The summed E-state index contributed by atoms with van der Waals surface area (Å²) in [5.74, 6) is 0.846. The van der Waals surface area contributed by atoms with E-state index in [0.29, 0.717) is 13.2 Å². The lowest BCUT2D eigenvalue weighted by Crippen LogP contribution is -2.33. The molecule has 0 aliphatic heterocycles. The van der Waals surface area contributed by atoms with Crippen molar-refractivity contribution in [3.8, 4) is 5.75 Å². The highest BCUT2D eigenvalue weighted by molar-refractivity contribution is 5.84. The summed E-state index contributed by atoms with van der Waals surface area (Å²) in [5.41, 5.74) is 0.781. The maximum Gasteiger partial charge on any atom is 0.407 e. The Labute approximate surface area is 137 Å². The number of nitrogens with one attached hydrogen (secondary N) is 1. The van der Waals surface area contributed by atoms with Crippen molar-refractivity contribution >= 4 is 16.9 Å². The predicted octanol–water partition coefficient (Wildman–Crippen LogP) is 4.44. The van der Waals surface area contributed by atoms with Crippen LogP contribution in [-0.2, 0) is 4.74 Å². The number of rotatable bonds is 5. The maximum absolute atomic E-state index is 11.5. The molecule has 1 amide bonds. The molecular formula is C19H25NO3. The number of ether oxygens (including phenoxy) is 2. The number of benzene rings is 2. The molecule has 124 valence electrons. The van der Waals surface area contributed by atoms with Crippen LogP contribution in [0.15, 0.2) is 36.4 Å². The first-order valence-electron chi connectivity index (χ1n) is 7.93. The summed E-state index contributed by atoms with van der Waals surface area (Å²) >= 11 is 0. The third kappa shape index (κ3) is 5.81. The van der Waals surface area contributed by atoms with E-state index in [9.17, 15) is 4.79 Å². The number of hydrogen-bond donors (Lipinski definition) is 1. The van der Waals surface area contributed by atoms with Crippen LogP contribution >= 0.6 is 0 Å². The Morgan fingerprint density at radius 3 is 2.52 bits per heavy atom. The first kappa shape index (κ1) is 17.1. The lowest BCUT2D eigenvalue weighted by Gasteiger charge is -2.19. The molecular weight excluding hydrogens is 290 g/mol. The van der Waals surface area contributed by atoms with Crippen LogP contribution in [0.25, 0.3) is 10.8 Å². The lowest BCUT2D eigenvalue weighted by molar-refractivity contribution is 0.0525. The summed E-state index contributed by atoms with van der Waals surface area (Å²) in [7, 11) is 0. The van der Waals surface area contributed by atoms with Crippen molar-refractivity contribution in [2.24, 2.45) is 0 Å². The number of fused-ring (bicyclic) bond motifs is 1. The normalized spacial score (nSPS) is 11.3. The third-order valence-corrected chi connectivity index (χ3v) is 3.23. The smallest absolute Gasteiger partial charge is 0.407 e. The molecule has 2 aromatic rings. The van der Waals surface area contributed by atoms with Crippen molar-refractivity contribution < 1.29 is 14.3 Å². The number of carbonyl (C=O) groups is 1. The van der Waals surface area contributed by atoms with Gasteiger partial charge in [0.15, 0.2) is 0 Å². The van der Waals surface area contributed by atoms with Gasteiger partial charge in [0, 0.05) is 6.54 Å². The Morgan fingerprint density at radius 1 is 1.09 bits per heavy atom. The Balaban J connectivity index is 1.74. The zero-order valence-corrected chi connectivity index (χ0v) is 14.3. The molecule has 0 atom stereocenters. The van der Waals surface area contributed by atoms with Gasteiger partial charge in [-0.05, 0) is 57.0 Å². The monoisotopic (exact) mass is 315 g/mol. The van der Waals surface area contributed by atoms with Gasteiger partial charge in [0.25, 0.3) is 0 Å². The van der Waals surface area contributed by atoms with E-state index in [0.717, 1.165) is 12.2 Å². The second kappa shape index (κ2) is 7.36. The number of aryl methyl sites for hydroxylation is 1. The van der Waals surface area contributed by atoms with Crippen LogP contribution in [0.4, 0.5) is 4.79 Å². The summed E-state index contributed by atoms with van der Waals surface area (Å²) in [4.78, 5) is 11.5. The zero-order valence-electron chi connectivity index (χ0n) is 14.3. The topological polar surface area (TPSA) is 47.6 Å². The quantitative estimate of drug-likeness (QED) is 0.830. The van der Waals surface area contributed by atoms with Gasteiger partial charge in [0.2, 0.25) is 0 Å². The average Bonchev–Trinajstić information content (AvgIpc) is 2.45. The minimum atomic E-state index is -0.468. The fourth-order valence-corrected chi connectivity index (χ4v) is 2.20. The third-order valence-electron chi connectivity index (χ3n) is 3.23. The van der Waals surface area contributed by atoms with Gasteiger partial charge in [-0.1, -0.05) is 29.8 Å². The van der Waals surface area contributed by atoms with E-state index in [1.54, 1.807) is 0 Å². The van der Waals surface area contributed by atoms with Gasteiger partial charge >= 0.3 is 6.09 Å². The molecule has 0 saturated heterocycles. The van der Waals surface area contributed by atoms with Gasteiger partial charge in [-0.25, -0.2) is 4.79 Å². The van der Waals surface area contributed by atoms with Crippen molar-refractivity contribution in [3.63, 3.8) is 0 Å². The van der Waals surface area contributed by atoms with Crippen molar-refractivity contribution in [2.75, 3.05) is 13.2 Å². The van der Waals surface area contributed by atoms with Gasteiger partial charge in [-0.15, -0.1) is 0 Å². The van der Waals surface area contributed by atoms with E-state index in [-0.39, 0.29) is 0 Å². The van der Waals surface area contributed by atoms with Crippen LogP contribution in [-0.4, -0.2) is 24.8 Å². The fourth-order valence-electron chi connectivity index (χ4n) is 2.20. The molecule has 4 heteroatoms. The summed E-state index contributed by atoms with van der Waals surface area (Å²) in [6, 6.07) is 12.4. The summed E-state index contributed by atoms with van der Waals surface area (Å²) < 4.78 is 10.9. The molecule has 2 rings (SSSR count). The molecule has 1 N–H and O–H groups in total. The Morgan fingerprint density at radius 2 is 1.78 bits per heavy atom. The molecule has 0 fully saturated rings. The summed E-state index contributed by atoms with van der Waals surface area (Å²) in [6.07, 6.45) is 0.337. The Hall–Kier alpha value is -2.23. The lowest BCUT2D eigenvalue weighted by atomic mass is 10.1. The second-order valence-electron chi connectivity index (χ2n) is 6.64. The first-order valence-corrected chi connectivity index (χ1v) is 7.93. The molecule has 0 unspecified atom stereocenters. The summed E-state index contributed by atoms with van der Waals surface area (Å²) in [5, 5.41) is 5.10.